The molecule has 0 aliphatic heterocycles. The van der Waals surface area contributed by atoms with Gasteiger partial charge in [0.15, 0.2) is 0 Å². The first-order valence-electron chi connectivity index (χ1n) is 6.68. The SMILES string of the molecule is COc1cccc(CNc2nc(C)cc(C(C)C)n2)n1. The summed E-state index contributed by atoms with van der Waals surface area (Å²) in [6, 6.07) is 7.69. The Balaban J connectivity index is 2.10. The van der Waals surface area contributed by atoms with Crippen molar-refractivity contribution in [3.8, 4) is 5.88 Å². The molecule has 0 spiro atoms. The Morgan fingerprint density at radius 3 is 2.70 bits per heavy atom. The second-order valence-corrected chi connectivity index (χ2v) is 4.94. The second-order valence-electron chi connectivity index (χ2n) is 4.94. The van der Waals surface area contributed by atoms with Crippen molar-refractivity contribution in [2.45, 2.75) is 33.2 Å². The smallest absolute Gasteiger partial charge is 0.223 e. The molecule has 106 valence electrons. The Kier molecular flexibility index (Phi) is 4.50. The third-order valence-electron chi connectivity index (χ3n) is 2.88. The topological polar surface area (TPSA) is 59.9 Å². The zero-order chi connectivity index (χ0) is 14.5. The van der Waals surface area contributed by atoms with Gasteiger partial charge in [-0.15, -0.1) is 0 Å². The molecule has 0 aliphatic carbocycles. The lowest BCUT2D eigenvalue weighted by molar-refractivity contribution is 0.396. The lowest BCUT2D eigenvalue weighted by Crippen LogP contribution is -2.08. The van der Waals surface area contributed by atoms with E-state index in [9.17, 15) is 0 Å². The van der Waals surface area contributed by atoms with Gasteiger partial charge in [-0.2, -0.15) is 0 Å². The minimum absolute atomic E-state index is 0.382. The van der Waals surface area contributed by atoms with Crippen molar-refractivity contribution in [3.63, 3.8) is 0 Å². The van der Waals surface area contributed by atoms with Crippen LogP contribution in [0, 0.1) is 6.92 Å². The van der Waals surface area contributed by atoms with Crippen molar-refractivity contribution in [3.05, 3.63) is 41.3 Å². The van der Waals surface area contributed by atoms with Crippen molar-refractivity contribution >= 4 is 5.95 Å². The van der Waals surface area contributed by atoms with Crippen LogP contribution in [0.2, 0.25) is 0 Å². The molecule has 0 bridgehead atoms. The Labute approximate surface area is 119 Å². The van der Waals surface area contributed by atoms with E-state index >= 15 is 0 Å². The molecular weight excluding hydrogens is 252 g/mol. The van der Waals surface area contributed by atoms with E-state index < -0.39 is 0 Å². The van der Waals surface area contributed by atoms with Gasteiger partial charge in [-0.25, -0.2) is 15.0 Å². The number of aromatic nitrogens is 3. The number of aryl methyl sites for hydroxylation is 1. The lowest BCUT2D eigenvalue weighted by atomic mass is 10.1. The standard InChI is InChI=1S/C15H20N4O/c1-10(2)13-8-11(3)17-15(19-13)16-9-12-6-5-7-14(18-12)20-4/h5-8,10H,9H2,1-4H3,(H,16,17,19). The van der Waals surface area contributed by atoms with Gasteiger partial charge in [0.05, 0.1) is 19.3 Å². The molecule has 0 unspecified atom stereocenters. The molecule has 2 aromatic rings. The summed E-state index contributed by atoms with van der Waals surface area (Å²) < 4.78 is 5.11. The first-order valence-corrected chi connectivity index (χ1v) is 6.68. The summed E-state index contributed by atoms with van der Waals surface area (Å²) in [6.45, 7) is 6.78. The predicted molar refractivity (Wildman–Crippen MR) is 79.0 cm³/mol. The van der Waals surface area contributed by atoms with E-state index in [-0.39, 0.29) is 0 Å². The van der Waals surface area contributed by atoms with E-state index in [1.165, 1.54) is 0 Å². The second kappa shape index (κ2) is 6.32. The predicted octanol–water partition coefficient (Wildman–Crippen LogP) is 2.92. The molecule has 0 saturated carbocycles. The molecule has 5 nitrogen and oxygen atoms in total. The van der Waals surface area contributed by atoms with E-state index in [1.807, 2.05) is 31.2 Å². The summed E-state index contributed by atoms with van der Waals surface area (Å²) in [7, 11) is 1.61. The highest BCUT2D eigenvalue weighted by Crippen LogP contribution is 2.15. The number of pyridine rings is 1. The minimum Gasteiger partial charge on any atom is -0.481 e. The zero-order valence-electron chi connectivity index (χ0n) is 12.3. The van der Waals surface area contributed by atoms with Crippen molar-refractivity contribution in [1.29, 1.82) is 0 Å². The lowest BCUT2D eigenvalue weighted by Gasteiger charge is -2.10. The molecule has 0 atom stereocenters. The first-order chi connectivity index (χ1) is 9.58. The van der Waals surface area contributed by atoms with E-state index in [1.54, 1.807) is 7.11 Å². The normalized spacial score (nSPS) is 10.7. The molecule has 0 saturated heterocycles. The van der Waals surface area contributed by atoms with Crippen LogP contribution >= 0.6 is 0 Å². The van der Waals surface area contributed by atoms with Crippen LogP contribution in [0.3, 0.4) is 0 Å². The Hall–Kier alpha value is -2.17. The third-order valence-corrected chi connectivity index (χ3v) is 2.88. The monoisotopic (exact) mass is 272 g/mol. The van der Waals surface area contributed by atoms with Gasteiger partial charge in [0.1, 0.15) is 0 Å². The summed E-state index contributed by atoms with van der Waals surface area (Å²) in [6.07, 6.45) is 0. The molecule has 0 aromatic carbocycles. The largest absolute Gasteiger partial charge is 0.481 e. The molecular formula is C15H20N4O. The Bertz CT molecular complexity index is 584. The summed E-state index contributed by atoms with van der Waals surface area (Å²) >= 11 is 0. The van der Waals surface area contributed by atoms with Gasteiger partial charge < -0.3 is 10.1 Å². The molecule has 1 N–H and O–H groups in total. The Morgan fingerprint density at radius 2 is 2.00 bits per heavy atom. The maximum atomic E-state index is 5.11. The van der Waals surface area contributed by atoms with Crippen LogP contribution in [0.4, 0.5) is 5.95 Å². The highest BCUT2D eigenvalue weighted by Gasteiger charge is 2.06. The highest BCUT2D eigenvalue weighted by molar-refractivity contribution is 5.30. The Morgan fingerprint density at radius 1 is 1.20 bits per heavy atom. The van der Waals surface area contributed by atoms with Crippen molar-refractivity contribution in [1.82, 2.24) is 15.0 Å². The molecule has 0 fully saturated rings. The van der Waals surface area contributed by atoms with E-state index in [4.69, 9.17) is 4.74 Å². The van der Waals surface area contributed by atoms with Gasteiger partial charge in [-0.3, -0.25) is 0 Å². The van der Waals surface area contributed by atoms with Crippen LogP contribution in [0.25, 0.3) is 0 Å². The molecule has 0 aliphatic rings. The number of nitrogens with zero attached hydrogens (tertiary/aromatic N) is 3. The molecule has 0 radical (unpaired) electrons. The molecule has 20 heavy (non-hydrogen) atoms. The third kappa shape index (κ3) is 3.66. The van der Waals surface area contributed by atoms with Crippen molar-refractivity contribution < 1.29 is 4.74 Å². The van der Waals surface area contributed by atoms with Crippen LogP contribution in [-0.2, 0) is 6.54 Å². The van der Waals surface area contributed by atoms with Crippen LogP contribution in [0.1, 0.15) is 36.8 Å². The summed E-state index contributed by atoms with van der Waals surface area (Å²) in [5.74, 6) is 1.63. The quantitative estimate of drug-likeness (QED) is 0.906. The zero-order valence-corrected chi connectivity index (χ0v) is 12.3. The molecule has 2 heterocycles. The maximum Gasteiger partial charge on any atom is 0.223 e. The van der Waals surface area contributed by atoms with Gasteiger partial charge in [-0.1, -0.05) is 19.9 Å². The minimum atomic E-state index is 0.382. The molecule has 2 rings (SSSR count). The number of nitrogens with one attached hydrogen (secondary N) is 1. The van der Waals surface area contributed by atoms with Crippen molar-refractivity contribution in [2.24, 2.45) is 0 Å². The molecule has 0 amide bonds. The van der Waals surface area contributed by atoms with Gasteiger partial charge in [-0.05, 0) is 25.0 Å². The van der Waals surface area contributed by atoms with Crippen LogP contribution in [0.5, 0.6) is 5.88 Å². The number of hydrogen-bond acceptors (Lipinski definition) is 5. The van der Waals surface area contributed by atoms with Crippen LogP contribution < -0.4 is 10.1 Å². The summed E-state index contributed by atoms with van der Waals surface area (Å²) in [4.78, 5) is 13.2. The van der Waals surface area contributed by atoms with E-state index in [0.717, 1.165) is 17.1 Å². The summed E-state index contributed by atoms with van der Waals surface area (Å²) in [5, 5.41) is 3.21. The fourth-order valence-corrected chi connectivity index (χ4v) is 1.81. The van der Waals surface area contributed by atoms with Gasteiger partial charge in [0, 0.05) is 17.5 Å². The number of methoxy groups -OCH3 is 1. The average Bonchev–Trinajstić information content (AvgIpc) is 2.44. The molecule has 2 aromatic heterocycles. The van der Waals surface area contributed by atoms with Crippen molar-refractivity contribution in [2.75, 3.05) is 12.4 Å². The van der Waals surface area contributed by atoms with Gasteiger partial charge in [0.25, 0.3) is 0 Å². The fourth-order valence-electron chi connectivity index (χ4n) is 1.81. The van der Waals surface area contributed by atoms with Crippen LogP contribution in [-0.4, -0.2) is 22.1 Å². The fraction of sp³-hybridized carbons (Fsp3) is 0.400. The highest BCUT2D eigenvalue weighted by atomic mass is 16.5. The number of rotatable bonds is 5. The van der Waals surface area contributed by atoms with E-state index in [2.05, 4.69) is 34.1 Å². The number of anilines is 1. The molecule has 5 heteroatoms. The average molecular weight is 272 g/mol. The van der Waals surface area contributed by atoms with Gasteiger partial charge >= 0.3 is 0 Å². The van der Waals surface area contributed by atoms with E-state index in [0.29, 0.717) is 24.3 Å². The number of ether oxygens (including phenoxy) is 1. The van der Waals surface area contributed by atoms with Crippen LogP contribution in [0.15, 0.2) is 24.3 Å². The van der Waals surface area contributed by atoms with Gasteiger partial charge in [0.2, 0.25) is 11.8 Å². The first kappa shape index (κ1) is 14.2. The maximum absolute atomic E-state index is 5.11. The number of hydrogen-bond donors (Lipinski definition) is 1. The summed E-state index contributed by atoms with van der Waals surface area (Å²) in [5.41, 5.74) is 2.89.